The lowest BCUT2D eigenvalue weighted by Gasteiger charge is -2.37. The van der Waals surface area contributed by atoms with Crippen molar-refractivity contribution in [3.05, 3.63) is 106 Å². The molecule has 0 amide bonds. The van der Waals surface area contributed by atoms with E-state index in [4.69, 9.17) is 22.1 Å². The number of rotatable bonds is 6. The van der Waals surface area contributed by atoms with E-state index in [1.54, 1.807) is 6.07 Å². The molecule has 0 spiro atoms. The number of carbonyl (C=O) groups excluding carboxylic acids is 1. The molecule has 3 nitrogen and oxygen atoms in total. The van der Waals surface area contributed by atoms with Crippen molar-refractivity contribution < 1.29 is 9.53 Å². The number of carbonyl (C=O) groups is 1. The average Bonchev–Trinajstić information content (AvgIpc) is 2.73. The molecule has 2 N–H and O–H groups in total. The highest BCUT2D eigenvalue weighted by Gasteiger charge is 2.43. The van der Waals surface area contributed by atoms with Crippen LogP contribution in [0.1, 0.15) is 36.1 Å². The first-order valence-electron chi connectivity index (χ1n) is 9.72. The maximum absolute atomic E-state index is 13.1. The molecule has 4 heteroatoms. The Bertz CT molecular complexity index is 970. The van der Waals surface area contributed by atoms with Crippen LogP contribution in [0.15, 0.2) is 78.9 Å². The van der Waals surface area contributed by atoms with Crippen molar-refractivity contribution in [1.82, 2.24) is 0 Å². The van der Waals surface area contributed by atoms with E-state index in [2.05, 4.69) is 0 Å². The van der Waals surface area contributed by atoms with Crippen molar-refractivity contribution in [3.63, 3.8) is 0 Å². The number of halogens is 1. The second-order valence-electron chi connectivity index (χ2n) is 7.58. The molecule has 0 radical (unpaired) electrons. The molecular formula is C25H26ClNO2. The second-order valence-corrected chi connectivity index (χ2v) is 7.99. The van der Waals surface area contributed by atoms with Crippen LogP contribution < -0.4 is 5.73 Å². The van der Waals surface area contributed by atoms with Gasteiger partial charge in [0.15, 0.2) is 5.60 Å². The van der Waals surface area contributed by atoms with Crippen LogP contribution >= 0.6 is 11.6 Å². The van der Waals surface area contributed by atoms with E-state index in [-0.39, 0.29) is 5.92 Å². The molecule has 0 fully saturated rings. The van der Waals surface area contributed by atoms with Gasteiger partial charge in [0.2, 0.25) is 0 Å². The number of nitrogens with two attached hydrogens (primary N) is 1. The molecular weight excluding hydrogens is 382 g/mol. The number of hydrogen-bond donors (Lipinski definition) is 1. The van der Waals surface area contributed by atoms with Crippen LogP contribution in [0.25, 0.3) is 0 Å². The van der Waals surface area contributed by atoms with Crippen LogP contribution in [-0.4, -0.2) is 12.0 Å². The number of benzene rings is 3. The minimum atomic E-state index is -1.21. The smallest absolute Gasteiger partial charge is 0.324 e. The maximum Gasteiger partial charge on any atom is 0.324 e. The quantitative estimate of drug-likeness (QED) is 0.435. The third kappa shape index (κ3) is 4.21. The number of ether oxygens (including phenoxy) is 1. The third-order valence-electron chi connectivity index (χ3n) is 5.14. The van der Waals surface area contributed by atoms with E-state index in [1.165, 1.54) is 0 Å². The van der Waals surface area contributed by atoms with Gasteiger partial charge in [-0.25, -0.2) is 0 Å². The Morgan fingerprint density at radius 3 is 2.03 bits per heavy atom. The van der Waals surface area contributed by atoms with Gasteiger partial charge >= 0.3 is 5.97 Å². The van der Waals surface area contributed by atoms with Crippen LogP contribution in [0.3, 0.4) is 0 Å². The van der Waals surface area contributed by atoms with Gasteiger partial charge in [-0.1, -0.05) is 104 Å². The summed E-state index contributed by atoms with van der Waals surface area (Å²) in [7, 11) is 0. The van der Waals surface area contributed by atoms with E-state index in [1.807, 2.05) is 93.6 Å². The van der Waals surface area contributed by atoms with Crippen LogP contribution in [0.2, 0.25) is 5.02 Å². The van der Waals surface area contributed by atoms with Gasteiger partial charge in [0, 0.05) is 21.7 Å². The lowest BCUT2D eigenvalue weighted by molar-refractivity contribution is -0.156. The number of hydrogen-bond acceptors (Lipinski definition) is 3. The van der Waals surface area contributed by atoms with Crippen LogP contribution in [-0.2, 0) is 15.1 Å². The predicted molar refractivity (Wildman–Crippen MR) is 118 cm³/mol. The summed E-state index contributed by atoms with van der Waals surface area (Å²) in [4.78, 5) is 13.1. The molecule has 0 saturated heterocycles. The van der Waals surface area contributed by atoms with Crippen molar-refractivity contribution in [2.75, 3.05) is 0 Å². The van der Waals surface area contributed by atoms with Gasteiger partial charge in [-0.3, -0.25) is 4.79 Å². The standard InChI is InChI=1S/C25H26ClNO2/c1-17(2)23(27)24(28)29-25(19-9-5-4-6-10-19,20-15-13-18(3)14-16-20)21-11-7-8-12-22(21)26/h4-17,23H,27H2,1-3H3/t23-,25?/m0/s1. The minimum Gasteiger partial charge on any atom is -0.443 e. The molecule has 0 aliphatic heterocycles. The molecule has 3 rings (SSSR count). The number of aryl methyl sites for hydroxylation is 1. The third-order valence-corrected chi connectivity index (χ3v) is 5.47. The molecule has 0 bridgehead atoms. The van der Waals surface area contributed by atoms with E-state index in [9.17, 15) is 4.79 Å². The fourth-order valence-electron chi connectivity index (χ4n) is 3.35. The van der Waals surface area contributed by atoms with Crippen LogP contribution in [0, 0.1) is 12.8 Å². The fourth-order valence-corrected chi connectivity index (χ4v) is 3.62. The highest BCUT2D eigenvalue weighted by molar-refractivity contribution is 6.31. The van der Waals surface area contributed by atoms with E-state index in [0.717, 1.165) is 16.7 Å². The fraction of sp³-hybridized carbons (Fsp3) is 0.240. The van der Waals surface area contributed by atoms with Crippen molar-refractivity contribution in [2.45, 2.75) is 32.4 Å². The van der Waals surface area contributed by atoms with Gasteiger partial charge in [0.1, 0.15) is 6.04 Å². The molecule has 2 atom stereocenters. The zero-order valence-electron chi connectivity index (χ0n) is 16.9. The Kier molecular flexibility index (Phi) is 6.41. The average molecular weight is 408 g/mol. The van der Waals surface area contributed by atoms with Gasteiger partial charge in [-0.2, -0.15) is 0 Å². The molecule has 0 aliphatic rings. The lowest BCUT2D eigenvalue weighted by Crippen LogP contribution is -2.44. The Morgan fingerprint density at radius 2 is 1.45 bits per heavy atom. The summed E-state index contributed by atoms with van der Waals surface area (Å²) in [6.07, 6.45) is 0. The van der Waals surface area contributed by atoms with Crippen LogP contribution in [0.5, 0.6) is 0 Å². The van der Waals surface area contributed by atoms with Crippen molar-refractivity contribution in [1.29, 1.82) is 0 Å². The lowest BCUT2D eigenvalue weighted by atomic mass is 9.79. The van der Waals surface area contributed by atoms with E-state index in [0.29, 0.717) is 10.6 Å². The summed E-state index contributed by atoms with van der Waals surface area (Å²) < 4.78 is 6.29. The molecule has 3 aromatic rings. The topological polar surface area (TPSA) is 52.3 Å². The number of esters is 1. The van der Waals surface area contributed by atoms with E-state index >= 15 is 0 Å². The highest BCUT2D eigenvalue weighted by atomic mass is 35.5. The van der Waals surface area contributed by atoms with Gasteiger partial charge in [-0.05, 0) is 18.9 Å². The normalized spacial score (nSPS) is 14.3. The van der Waals surface area contributed by atoms with E-state index < -0.39 is 17.6 Å². The summed E-state index contributed by atoms with van der Waals surface area (Å²) in [5.74, 6) is -0.524. The summed E-state index contributed by atoms with van der Waals surface area (Å²) in [6, 6.07) is 24.3. The van der Waals surface area contributed by atoms with Crippen molar-refractivity contribution in [2.24, 2.45) is 11.7 Å². The molecule has 150 valence electrons. The Balaban J connectivity index is 2.31. The molecule has 0 aromatic heterocycles. The zero-order valence-corrected chi connectivity index (χ0v) is 17.7. The van der Waals surface area contributed by atoms with Gasteiger partial charge in [-0.15, -0.1) is 0 Å². The van der Waals surface area contributed by atoms with Crippen molar-refractivity contribution in [3.8, 4) is 0 Å². The molecule has 3 aromatic carbocycles. The Labute approximate surface area is 177 Å². The minimum absolute atomic E-state index is 0.0553. The molecule has 1 unspecified atom stereocenters. The first-order valence-corrected chi connectivity index (χ1v) is 10.1. The Hall–Kier alpha value is -2.62. The first-order chi connectivity index (χ1) is 13.9. The largest absolute Gasteiger partial charge is 0.443 e. The monoisotopic (exact) mass is 407 g/mol. The summed E-state index contributed by atoms with van der Waals surface area (Å²) in [5, 5.41) is 0.517. The van der Waals surface area contributed by atoms with Gasteiger partial charge < -0.3 is 10.5 Å². The van der Waals surface area contributed by atoms with Crippen LogP contribution in [0.4, 0.5) is 0 Å². The molecule has 0 heterocycles. The Morgan fingerprint density at radius 1 is 0.897 bits per heavy atom. The zero-order chi connectivity index (χ0) is 21.0. The second kappa shape index (κ2) is 8.81. The maximum atomic E-state index is 13.1. The summed E-state index contributed by atoms with van der Waals surface area (Å²) >= 11 is 6.64. The summed E-state index contributed by atoms with van der Waals surface area (Å²) in [5.41, 5.74) is 8.37. The van der Waals surface area contributed by atoms with Gasteiger partial charge in [0.05, 0.1) is 0 Å². The SMILES string of the molecule is Cc1ccc(C(OC(=O)[C@@H](N)C(C)C)(c2ccccc2)c2ccccc2Cl)cc1. The molecule has 29 heavy (non-hydrogen) atoms. The first kappa shape index (κ1) is 21.1. The predicted octanol–water partition coefficient (Wildman–Crippen LogP) is 5.47. The van der Waals surface area contributed by atoms with Gasteiger partial charge in [0.25, 0.3) is 0 Å². The summed E-state index contributed by atoms with van der Waals surface area (Å²) in [6.45, 7) is 5.82. The molecule has 0 saturated carbocycles. The molecule has 0 aliphatic carbocycles. The highest BCUT2D eigenvalue weighted by Crippen LogP contribution is 2.43. The van der Waals surface area contributed by atoms with Crippen molar-refractivity contribution >= 4 is 17.6 Å².